The van der Waals surface area contributed by atoms with E-state index in [0.717, 1.165) is 19.3 Å². The predicted molar refractivity (Wildman–Crippen MR) is 66.2 cm³/mol. The number of methoxy groups -OCH3 is 1. The molecule has 0 saturated carbocycles. The normalized spacial score (nSPS) is 24.2. The number of ether oxygens (including phenoxy) is 1. The van der Waals surface area contributed by atoms with Crippen LogP contribution in [0.4, 0.5) is 0 Å². The molecule has 1 aliphatic rings. The van der Waals surface area contributed by atoms with Crippen molar-refractivity contribution in [2.45, 2.75) is 57.8 Å². The monoisotopic (exact) mass is 224 g/mol. The van der Waals surface area contributed by atoms with Gasteiger partial charge in [0, 0.05) is 0 Å². The van der Waals surface area contributed by atoms with Gasteiger partial charge in [-0.15, -0.1) is 0 Å². The van der Waals surface area contributed by atoms with E-state index in [0.29, 0.717) is 0 Å². The Morgan fingerprint density at radius 1 is 1.06 bits per heavy atom. The Bertz CT molecular complexity index is 221. The molecule has 2 heteroatoms. The Balaban J connectivity index is 2.44. The summed E-state index contributed by atoms with van der Waals surface area (Å²) in [5.41, 5.74) is 0. The van der Waals surface area contributed by atoms with Crippen LogP contribution in [0, 0.1) is 5.92 Å². The maximum atomic E-state index is 11.5. The Labute approximate surface area is 99.1 Å². The maximum Gasteiger partial charge on any atom is 0.312 e. The molecule has 0 spiro atoms. The molecule has 0 N–H and O–H groups in total. The summed E-state index contributed by atoms with van der Waals surface area (Å²) in [6.07, 6.45) is 15.3. The van der Waals surface area contributed by atoms with Crippen molar-refractivity contribution in [2.24, 2.45) is 5.92 Å². The van der Waals surface area contributed by atoms with Gasteiger partial charge in [0.05, 0.1) is 13.0 Å². The van der Waals surface area contributed by atoms with Crippen molar-refractivity contribution >= 4 is 5.97 Å². The molecule has 92 valence electrons. The number of rotatable bonds is 1. The number of carbonyl (C=O) groups excluding carboxylic acids is 1. The van der Waals surface area contributed by atoms with Gasteiger partial charge in [0.2, 0.25) is 0 Å². The zero-order valence-corrected chi connectivity index (χ0v) is 10.4. The Hall–Kier alpha value is -0.790. The minimum absolute atomic E-state index is 0.00979. The van der Waals surface area contributed by atoms with Gasteiger partial charge in [0.1, 0.15) is 0 Å². The Kier molecular flexibility index (Phi) is 6.95. The fourth-order valence-corrected chi connectivity index (χ4v) is 2.21. The van der Waals surface area contributed by atoms with E-state index in [9.17, 15) is 4.79 Å². The summed E-state index contributed by atoms with van der Waals surface area (Å²) in [5, 5.41) is 0. The first-order chi connectivity index (χ1) is 7.84. The molecule has 1 aliphatic carbocycles. The molecular formula is C14H24O2. The van der Waals surface area contributed by atoms with Crippen molar-refractivity contribution in [1.82, 2.24) is 0 Å². The molecule has 0 aromatic rings. The van der Waals surface area contributed by atoms with Crippen LogP contribution in [-0.4, -0.2) is 13.1 Å². The van der Waals surface area contributed by atoms with E-state index in [1.165, 1.54) is 45.6 Å². The first kappa shape index (κ1) is 13.3. The first-order valence-electron chi connectivity index (χ1n) is 6.59. The number of allylic oxidation sites excluding steroid dienone is 1. The second kappa shape index (κ2) is 8.37. The van der Waals surface area contributed by atoms with Crippen LogP contribution in [0.2, 0.25) is 0 Å². The summed E-state index contributed by atoms with van der Waals surface area (Å²) in [6.45, 7) is 0. The van der Waals surface area contributed by atoms with Gasteiger partial charge >= 0.3 is 5.97 Å². The second-order valence-corrected chi connectivity index (χ2v) is 4.61. The van der Waals surface area contributed by atoms with Crippen LogP contribution >= 0.6 is 0 Å². The van der Waals surface area contributed by atoms with E-state index in [1.807, 2.05) is 6.08 Å². The van der Waals surface area contributed by atoms with Crippen LogP contribution in [0.1, 0.15) is 57.8 Å². The minimum Gasteiger partial charge on any atom is -0.469 e. The SMILES string of the molecule is COC(=O)C1C=CCCCCCCCCC1. The molecule has 0 heterocycles. The summed E-state index contributed by atoms with van der Waals surface area (Å²) >= 11 is 0. The van der Waals surface area contributed by atoms with Crippen LogP contribution in [0.3, 0.4) is 0 Å². The molecule has 0 aromatic heterocycles. The van der Waals surface area contributed by atoms with Crippen molar-refractivity contribution in [3.8, 4) is 0 Å². The van der Waals surface area contributed by atoms with Crippen LogP contribution < -0.4 is 0 Å². The van der Waals surface area contributed by atoms with Crippen molar-refractivity contribution in [2.75, 3.05) is 7.11 Å². The molecule has 0 aromatic carbocycles. The molecule has 0 fully saturated rings. The van der Waals surface area contributed by atoms with Crippen molar-refractivity contribution in [3.63, 3.8) is 0 Å². The third-order valence-electron chi connectivity index (χ3n) is 3.26. The molecule has 0 amide bonds. The molecule has 1 atom stereocenters. The van der Waals surface area contributed by atoms with Gasteiger partial charge in [-0.05, 0) is 19.3 Å². The molecule has 1 rings (SSSR count). The van der Waals surface area contributed by atoms with Crippen molar-refractivity contribution < 1.29 is 9.53 Å². The largest absolute Gasteiger partial charge is 0.469 e. The lowest BCUT2D eigenvalue weighted by molar-refractivity contribution is -0.143. The number of esters is 1. The number of hydrogen-bond donors (Lipinski definition) is 0. The van der Waals surface area contributed by atoms with Crippen LogP contribution in [0.15, 0.2) is 12.2 Å². The highest BCUT2D eigenvalue weighted by Crippen LogP contribution is 2.17. The van der Waals surface area contributed by atoms with E-state index in [2.05, 4.69) is 6.08 Å². The van der Waals surface area contributed by atoms with Gasteiger partial charge in [-0.1, -0.05) is 50.7 Å². The summed E-state index contributed by atoms with van der Waals surface area (Å²) in [7, 11) is 1.48. The molecule has 16 heavy (non-hydrogen) atoms. The number of carbonyl (C=O) groups is 1. The van der Waals surface area contributed by atoms with Crippen LogP contribution in [0.25, 0.3) is 0 Å². The summed E-state index contributed by atoms with van der Waals surface area (Å²) < 4.78 is 4.82. The lowest BCUT2D eigenvalue weighted by Gasteiger charge is -2.11. The molecule has 0 bridgehead atoms. The fourth-order valence-electron chi connectivity index (χ4n) is 2.21. The van der Waals surface area contributed by atoms with Gasteiger partial charge in [0.25, 0.3) is 0 Å². The van der Waals surface area contributed by atoms with Gasteiger partial charge in [-0.2, -0.15) is 0 Å². The Morgan fingerprint density at radius 2 is 1.69 bits per heavy atom. The first-order valence-corrected chi connectivity index (χ1v) is 6.59. The number of hydrogen-bond acceptors (Lipinski definition) is 2. The average molecular weight is 224 g/mol. The Morgan fingerprint density at radius 3 is 2.38 bits per heavy atom. The zero-order chi connectivity index (χ0) is 11.6. The van der Waals surface area contributed by atoms with Gasteiger partial charge in [0.15, 0.2) is 0 Å². The molecule has 1 unspecified atom stereocenters. The van der Waals surface area contributed by atoms with E-state index < -0.39 is 0 Å². The fraction of sp³-hybridized carbons (Fsp3) is 0.786. The molecule has 2 nitrogen and oxygen atoms in total. The molecule has 0 saturated heterocycles. The third kappa shape index (κ3) is 5.34. The van der Waals surface area contributed by atoms with Crippen molar-refractivity contribution in [3.05, 3.63) is 12.2 Å². The van der Waals surface area contributed by atoms with Gasteiger partial charge in [-0.3, -0.25) is 4.79 Å². The smallest absolute Gasteiger partial charge is 0.312 e. The highest BCUT2D eigenvalue weighted by molar-refractivity contribution is 5.74. The summed E-state index contributed by atoms with van der Waals surface area (Å²) in [5.74, 6) is -0.0854. The molecule has 0 radical (unpaired) electrons. The van der Waals surface area contributed by atoms with Crippen LogP contribution in [-0.2, 0) is 9.53 Å². The lowest BCUT2D eigenvalue weighted by Crippen LogP contribution is -2.14. The summed E-state index contributed by atoms with van der Waals surface area (Å²) in [6, 6.07) is 0. The molecular weight excluding hydrogens is 200 g/mol. The topological polar surface area (TPSA) is 26.3 Å². The minimum atomic E-state index is -0.0756. The average Bonchev–Trinajstić information content (AvgIpc) is 2.29. The highest BCUT2D eigenvalue weighted by atomic mass is 16.5. The van der Waals surface area contributed by atoms with E-state index in [1.54, 1.807) is 0 Å². The quantitative estimate of drug-likeness (QED) is 0.499. The van der Waals surface area contributed by atoms with Crippen molar-refractivity contribution in [1.29, 1.82) is 0 Å². The maximum absolute atomic E-state index is 11.5. The highest BCUT2D eigenvalue weighted by Gasteiger charge is 2.15. The standard InChI is InChI=1S/C14H24O2/c1-16-14(15)13-11-9-7-5-3-2-4-6-8-10-12-13/h9,11,13H,2-8,10,12H2,1H3. The second-order valence-electron chi connectivity index (χ2n) is 4.61. The molecule has 0 aliphatic heterocycles. The van der Waals surface area contributed by atoms with Crippen LogP contribution in [0.5, 0.6) is 0 Å². The van der Waals surface area contributed by atoms with E-state index in [-0.39, 0.29) is 11.9 Å². The predicted octanol–water partition coefficient (Wildman–Crippen LogP) is 3.86. The third-order valence-corrected chi connectivity index (χ3v) is 3.26. The van der Waals surface area contributed by atoms with Gasteiger partial charge in [-0.25, -0.2) is 0 Å². The van der Waals surface area contributed by atoms with E-state index >= 15 is 0 Å². The van der Waals surface area contributed by atoms with Gasteiger partial charge < -0.3 is 4.74 Å². The lowest BCUT2D eigenvalue weighted by atomic mass is 9.97. The summed E-state index contributed by atoms with van der Waals surface area (Å²) in [4.78, 5) is 11.5. The zero-order valence-electron chi connectivity index (χ0n) is 10.4. The van der Waals surface area contributed by atoms with E-state index in [4.69, 9.17) is 4.74 Å².